The van der Waals surface area contributed by atoms with Crippen molar-refractivity contribution in [3.63, 3.8) is 0 Å². The minimum absolute atomic E-state index is 0.520. The first kappa shape index (κ1) is 17.1. The normalized spacial score (nSPS) is 10.6. The lowest BCUT2D eigenvalue weighted by molar-refractivity contribution is 0.867. The van der Waals surface area contributed by atoms with Crippen molar-refractivity contribution in [1.82, 2.24) is 5.32 Å². The van der Waals surface area contributed by atoms with Gasteiger partial charge in [0.15, 0.2) is 5.11 Å². The minimum Gasteiger partial charge on any atom is -0.358 e. The first-order valence-electron chi connectivity index (χ1n) is 7.04. The van der Waals surface area contributed by atoms with E-state index in [9.17, 15) is 0 Å². The average molecular weight is 353 g/mol. The highest BCUT2D eigenvalue weighted by Gasteiger charge is 2.04. The summed E-state index contributed by atoms with van der Waals surface area (Å²) in [5, 5.41) is 8.11. The summed E-state index contributed by atoms with van der Waals surface area (Å²) in [7, 11) is 0. The summed E-state index contributed by atoms with van der Waals surface area (Å²) in [6.07, 6.45) is 0. The summed E-state index contributed by atoms with van der Waals surface area (Å²) in [5.41, 5.74) is 3.21. The van der Waals surface area contributed by atoms with Crippen LogP contribution in [0, 0.1) is 0 Å². The van der Waals surface area contributed by atoms with Crippen molar-refractivity contribution in [3.8, 4) is 0 Å². The van der Waals surface area contributed by atoms with Crippen LogP contribution in [0.4, 0.5) is 5.69 Å². The highest BCUT2D eigenvalue weighted by molar-refractivity contribution is 7.80. The lowest BCUT2D eigenvalue weighted by Crippen LogP contribution is -2.27. The highest BCUT2D eigenvalue weighted by Crippen LogP contribution is 2.21. The van der Waals surface area contributed by atoms with Crippen molar-refractivity contribution in [2.45, 2.75) is 26.3 Å². The molecule has 0 spiro atoms. The molecule has 0 atom stereocenters. The van der Waals surface area contributed by atoms with E-state index in [0.29, 0.717) is 27.6 Å². The molecule has 5 heteroatoms. The third kappa shape index (κ3) is 4.87. The fourth-order valence-electron chi connectivity index (χ4n) is 1.97. The molecule has 0 aromatic heterocycles. The van der Waals surface area contributed by atoms with Gasteiger partial charge in [0, 0.05) is 22.3 Å². The molecule has 0 unspecified atom stereocenters. The van der Waals surface area contributed by atoms with E-state index in [1.165, 1.54) is 5.56 Å². The zero-order valence-electron chi connectivity index (χ0n) is 12.5. The first-order valence-corrected chi connectivity index (χ1v) is 8.21. The van der Waals surface area contributed by atoms with Gasteiger partial charge in [0.1, 0.15) is 0 Å². The van der Waals surface area contributed by atoms with Crippen LogP contribution in [0.15, 0.2) is 42.5 Å². The molecule has 2 N–H and O–H groups in total. The Morgan fingerprint density at radius 2 is 1.77 bits per heavy atom. The van der Waals surface area contributed by atoms with Gasteiger partial charge in [-0.15, -0.1) is 0 Å². The smallest absolute Gasteiger partial charge is 0.171 e. The Hall–Kier alpha value is -1.29. The molecule has 0 aliphatic rings. The van der Waals surface area contributed by atoms with Crippen LogP contribution in [0.2, 0.25) is 10.0 Å². The van der Waals surface area contributed by atoms with Crippen molar-refractivity contribution in [1.29, 1.82) is 0 Å². The first-order chi connectivity index (χ1) is 10.5. The zero-order chi connectivity index (χ0) is 16.1. The molecule has 2 nitrogen and oxygen atoms in total. The van der Waals surface area contributed by atoms with Crippen LogP contribution in [0.1, 0.15) is 30.9 Å². The topological polar surface area (TPSA) is 24.1 Å². The molecule has 0 radical (unpaired) electrons. The van der Waals surface area contributed by atoms with Gasteiger partial charge in [-0.2, -0.15) is 0 Å². The van der Waals surface area contributed by atoms with E-state index in [1.54, 1.807) is 6.07 Å². The second-order valence-corrected chi connectivity index (χ2v) is 6.57. The maximum absolute atomic E-state index is 6.13. The Kier molecular flexibility index (Phi) is 6.07. The number of benzene rings is 2. The fourth-order valence-corrected chi connectivity index (χ4v) is 2.63. The van der Waals surface area contributed by atoms with Crippen LogP contribution < -0.4 is 10.6 Å². The summed E-state index contributed by atoms with van der Waals surface area (Å²) in [4.78, 5) is 0. The minimum atomic E-state index is 0.520. The molecule has 2 rings (SSSR count). The number of rotatable bonds is 4. The largest absolute Gasteiger partial charge is 0.358 e. The van der Waals surface area contributed by atoms with E-state index in [2.05, 4.69) is 36.6 Å². The third-order valence-electron chi connectivity index (χ3n) is 3.29. The van der Waals surface area contributed by atoms with Gasteiger partial charge in [-0.3, -0.25) is 0 Å². The second-order valence-electron chi connectivity index (χ2n) is 5.32. The molecular formula is C17H18Cl2N2S. The molecule has 0 saturated carbocycles. The zero-order valence-corrected chi connectivity index (χ0v) is 14.8. The SMILES string of the molecule is CC(C)c1ccc(NC(=S)NCc2ccc(Cl)cc2Cl)cc1. The summed E-state index contributed by atoms with van der Waals surface area (Å²) < 4.78 is 0. The molecule has 0 saturated heterocycles. The van der Waals surface area contributed by atoms with Gasteiger partial charge in [0.05, 0.1) is 0 Å². The van der Waals surface area contributed by atoms with Crippen LogP contribution >= 0.6 is 35.4 Å². The molecule has 0 aliphatic heterocycles. The molecule has 2 aromatic rings. The maximum atomic E-state index is 6.13. The Bertz CT molecular complexity index is 654. The lowest BCUT2D eigenvalue weighted by atomic mass is 10.0. The Morgan fingerprint density at radius 3 is 2.36 bits per heavy atom. The highest BCUT2D eigenvalue weighted by atomic mass is 35.5. The summed E-state index contributed by atoms with van der Waals surface area (Å²) in [5.74, 6) is 0.520. The van der Waals surface area contributed by atoms with Gasteiger partial charge in [-0.05, 0) is 53.5 Å². The quantitative estimate of drug-likeness (QED) is 0.699. The third-order valence-corrected chi connectivity index (χ3v) is 4.12. The van der Waals surface area contributed by atoms with Crippen LogP contribution in [-0.4, -0.2) is 5.11 Å². The van der Waals surface area contributed by atoms with Crippen molar-refractivity contribution >= 4 is 46.2 Å². The van der Waals surface area contributed by atoms with E-state index in [0.717, 1.165) is 11.3 Å². The Morgan fingerprint density at radius 1 is 1.09 bits per heavy atom. The van der Waals surface area contributed by atoms with Crippen molar-refractivity contribution in [2.24, 2.45) is 0 Å². The number of nitrogens with one attached hydrogen (secondary N) is 2. The van der Waals surface area contributed by atoms with Crippen molar-refractivity contribution < 1.29 is 0 Å². The average Bonchev–Trinajstić information content (AvgIpc) is 2.47. The molecule has 0 bridgehead atoms. The van der Waals surface area contributed by atoms with Crippen LogP contribution in [0.25, 0.3) is 0 Å². The molecular weight excluding hydrogens is 335 g/mol. The molecule has 0 fully saturated rings. The van der Waals surface area contributed by atoms with Crippen molar-refractivity contribution in [3.05, 3.63) is 63.6 Å². The van der Waals surface area contributed by atoms with Crippen LogP contribution in [-0.2, 0) is 6.54 Å². The summed E-state index contributed by atoms with van der Waals surface area (Å²) in [6, 6.07) is 13.7. The number of hydrogen-bond donors (Lipinski definition) is 2. The van der Waals surface area contributed by atoms with E-state index < -0.39 is 0 Å². The van der Waals surface area contributed by atoms with Gasteiger partial charge in [0.2, 0.25) is 0 Å². The number of thiocarbonyl (C=S) groups is 1. The number of anilines is 1. The number of halogens is 2. The van der Waals surface area contributed by atoms with Gasteiger partial charge < -0.3 is 10.6 Å². The van der Waals surface area contributed by atoms with Crippen molar-refractivity contribution in [2.75, 3.05) is 5.32 Å². The fraction of sp³-hybridized carbons (Fsp3) is 0.235. The van der Waals surface area contributed by atoms with Gasteiger partial charge in [-0.1, -0.05) is 55.2 Å². The van der Waals surface area contributed by atoms with E-state index >= 15 is 0 Å². The molecule has 2 aromatic carbocycles. The predicted octanol–water partition coefficient (Wildman–Crippen LogP) is 5.60. The van der Waals surface area contributed by atoms with E-state index in [1.807, 2.05) is 24.3 Å². The summed E-state index contributed by atoms with van der Waals surface area (Å²) in [6.45, 7) is 4.89. The Balaban J connectivity index is 1.90. The summed E-state index contributed by atoms with van der Waals surface area (Å²) >= 11 is 17.3. The molecule has 116 valence electrons. The monoisotopic (exact) mass is 352 g/mol. The van der Waals surface area contributed by atoms with Crippen LogP contribution in [0.5, 0.6) is 0 Å². The number of hydrogen-bond acceptors (Lipinski definition) is 1. The van der Waals surface area contributed by atoms with Crippen LogP contribution in [0.3, 0.4) is 0 Å². The Labute approximate surface area is 146 Å². The standard InChI is InChI=1S/C17H18Cl2N2S/c1-11(2)12-4-7-15(8-5-12)21-17(22)20-10-13-3-6-14(18)9-16(13)19/h3-9,11H,10H2,1-2H3,(H2,20,21,22). The van der Waals surface area contributed by atoms with E-state index in [-0.39, 0.29) is 0 Å². The van der Waals surface area contributed by atoms with Gasteiger partial charge >= 0.3 is 0 Å². The van der Waals surface area contributed by atoms with E-state index in [4.69, 9.17) is 35.4 Å². The maximum Gasteiger partial charge on any atom is 0.171 e. The molecule has 22 heavy (non-hydrogen) atoms. The lowest BCUT2D eigenvalue weighted by Gasteiger charge is -2.12. The predicted molar refractivity (Wildman–Crippen MR) is 100 cm³/mol. The van der Waals surface area contributed by atoms with Gasteiger partial charge in [0.25, 0.3) is 0 Å². The van der Waals surface area contributed by atoms with Gasteiger partial charge in [-0.25, -0.2) is 0 Å². The molecule has 0 amide bonds. The second kappa shape index (κ2) is 7.82. The molecule has 0 heterocycles. The molecule has 0 aliphatic carbocycles.